The number of rotatable bonds is 5. The third-order valence-corrected chi connectivity index (χ3v) is 5.75. The van der Waals surface area contributed by atoms with E-state index >= 15 is 0 Å². The average Bonchev–Trinajstić information content (AvgIpc) is 2.79. The third-order valence-electron chi connectivity index (χ3n) is 3.85. The molecule has 1 N–H and O–H groups in total. The summed E-state index contributed by atoms with van der Waals surface area (Å²) in [5.41, 5.74) is 9.81. The van der Waals surface area contributed by atoms with Crippen LogP contribution in [-0.2, 0) is 17.4 Å². The molecule has 0 aliphatic carbocycles. The lowest BCUT2D eigenvalue weighted by Crippen LogP contribution is -2.35. The lowest BCUT2D eigenvalue weighted by Gasteiger charge is -2.25. The SMILES string of the molecule is C[C@@H](N[S@](=O)C(C)(C)C)c1cc(Cl)cc2c1OC(C)(CN=[N+]=[N-])C2. The summed E-state index contributed by atoms with van der Waals surface area (Å²) < 4.78 is 21.2. The lowest BCUT2D eigenvalue weighted by molar-refractivity contribution is 0.124. The summed E-state index contributed by atoms with van der Waals surface area (Å²) in [5.74, 6) is 0.737. The van der Waals surface area contributed by atoms with Crippen LogP contribution in [0.1, 0.15) is 51.8 Å². The van der Waals surface area contributed by atoms with Crippen LogP contribution in [0, 0.1) is 0 Å². The lowest BCUT2D eigenvalue weighted by atomic mass is 9.97. The summed E-state index contributed by atoms with van der Waals surface area (Å²) in [6.45, 7) is 9.83. The number of benzene rings is 1. The van der Waals surface area contributed by atoms with Gasteiger partial charge in [-0.1, -0.05) is 16.7 Å². The molecule has 1 aromatic rings. The summed E-state index contributed by atoms with van der Waals surface area (Å²) in [6, 6.07) is 3.51. The molecule has 1 heterocycles. The van der Waals surface area contributed by atoms with E-state index < -0.39 is 16.6 Å². The molecule has 0 aromatic heterocycles. The molecular weight excluding hydrogens is 348 g/mol. The number of fused-ring (bicyclic) bond motifs is 1. The maximum atomic E-state index is 12.4. The maximum absolute atomic E-state index is 12.4. The second-order valence-electron chi connectivity index (χ2n) is 7.32. The molecule has 3 atom stereocenters. The van der Waals surface area contributed by atoms with Crippen LogP contribution in [0.4, 0.5) is 0 Å². The molecular formula is C16H23ClN4O2S. The van der Waals surface area contributed by atoms with Gasteiger partial charge in [0.2, 0.25) is 0 Å². The van der Waals surface area contributed by atoms with Crippen LogP contribution >= 0.6 is 11.6 Å². The van der Waals surface area contributed by atoms with Gasteiger partial charge in [0.05, 0.1) is 22.3 Å². The number of ether oxygens (including phenoxy) is 1. The second kappa shape index (κ2) is 6.92. The van der Waals surface area contributed by atoms with E-state index in [0.29, 0.717) is 11.4 Å². The van der Waals surface area contributed by atoms with E-state index in [9.17, 15) is 4.21 Å². The largest absolute Gasteiger partial charge is 0.486 e. The molecule has 0 amide bonds. The van der Waals surface area contributed by atoms with Crippen LogP contribution in [0.25, 0.3) is 10.4 Å². The predicted molar refractivity (Wildman–Crippen MR) is 97.6 cm³/mol. The summed E-state index contributed by atoms with van der Waals surface area (Å²) in [6.07, 6.45) is 0.615. The minimum Gasteiger partial charge on any atom is -0.486 e. The van der Waals surface area contributed by atoms with Crippen molar-refractivity contribution in [1.82, 2.24) is 4.72 Å². The number of halogens is 1. The van der Waals surface area contributed by atoms with E-state index in [-0.39, 0.29) is 17.3 Å². The number of nitrogens with zero attached hydrogens (tertiary/aromatic N) is 3. The van der Waals surface area contributed by atoms with E-state index in [1.165, 1.54) is 0 Å². The first-order valence-electron chi connectivity index (χ1n) is 7.76. The highest BCUT2D eigenvalue weighted by Gasteiger charge is 2.37. The number of nitrogens with one attached hydrogen (secondary N) is 1. The van der Waals surface area contributed by atoms with Gasteiger partial charge in [0.25, 0.3) is 0 Å². The van der Waals surface area contributed by atoms with Crippen molar-refractivity contribution in [2.45, 2.75) is 57.4 Å². The van der Waals surface area contributed by atoms with E-state index in [0.717, 1.165) is 16.9 Å². The maximum Gasteiger partial charge on any atom is 0.128 e. The predicted octanol–water partition coefficient (Wildman–Crippen LogP) is 4.46. The summed E-state index contributed by atoms with van der Waals surface area (Å²) in [7, 11) is -1.21. The zero-order valence-electron chi connectivity index (χ0n) is 14.6. The molecule has 6 nitrogen and oxygen atoms in total. The van der Waals surface area contributed by atoms with Gasteiger partial charge in [0, 0.05) is 28.0 Å². The van der Waals surface area contributed by atoms with Gasteiger partial charge in [0.15, 0.2) is 0 Å². The molecule has 1 aliphatic heterocycles. The molecule has 0 fully saturated rings. The molecule has 0 saturated carbocycles. The Kier molecular flexibility index (Phi) is 5.50. The van der Waals surface area contributed by atoms with Gasteiger partial charge >= 0.3 is 0 Å². The minimum absolute atomic E-state index is 0.195. The molecule has 132 valence electrons. The summed E-state index contributed by atoms with van der Waals surface area (Å²) in [4.78, 5) is 2.82. The first-order valence-corrected chi connectivity index (χ1v) is 9.29. The fraction of sp³-hybridized carbons (Fsp3) is 0.625. The molecule has 8 heteroatoms. The Morgan fingerprint density at radius 2 is 2.21 bits per heavy atom. The Balaban J connectivity index is 2.31. The van der Waals surface area contributed by atoms with Crippen LogP contribution in [0.15, 0.2) is 17.2 Å². The van der Waals surface area contributed by atoms with Crippen molar-refractivity contribution in [3.63, 3.8) is 0 Å². The molecule has 0 radical (unpaired) electrons. The fourth-order valence-corrected chi connectivity index (χ4v) is 3.66. The quantitative estimate of drug-likeness (QED) is 0.471. The highest BCUT2D eigenvalue weighted by atomic mass is 35.5. The van der Waals surface area contributed by atoms with E-state index in [4.69, 9.17) is 21.9 Å². The molecule has 0 bridgehead atoms. The monoisotopic (exact) mass is 370 g/mol. The van der Waals surface area contributed by atoms with Crippen molar-refractivity contribution >= 4 is 22.6 Å². The first-order chi connectivity index (χ1) is 11.1. The van der Waals surface area contributed by atoms with Crippen molar-refractivity contribution in [3.8, 4) is 5.75 Å². The standard InChI is InChI=1S/C16H23ClN4O2S/c1-10(20-24(22)15(2,3)4)13-7-12(17)6-11-8-16(5,9-19-21-18)23-14(11)13/h6-7,10,20H,8-9H2,1-5H3/t10-,16?,24-/m1/s1. The first kappa shape index (κ1) is 19.1. The molecule has 0 spiro atoms. The van der Waals surface area contributed by atoms with Crippen LogP contribution < -0.4 is 9.46 Å². The van der Waals surface area contributed by atoms with Gasteiger partial charge < -0.3 is 4.74 Å². The third kappa shape index (κ3) is 4.22. The van der Waals surface area contributed by atoms with E-state index in [1.54, 1.807) is 0 Å². The van der Waals surface area contributed by atoms with E-state index in [1.807, 2.05) is 46.8 Å². The van der Waals surface area contributed by atoms with Crippen molar-refractivity contribution in [2.24, 2.45) is 5.11 Å². The van der Waals surface area contributed by atoms with Crippen molar-refractivity contribution in [3.05, 3.63) is 38.7 Å². The summed E-state index contributed by atoms with van der Waals surface area (Å²) in [5, 5.41) is 4.25. The molecule has 1 aromatic carbocycles. The smallest absolute Gasteiger partial charge is 0.128 e. The van der Waals surface area contributed by atoms with Crippen LogP contribution in [0.5, 0.6) is 5.75 Å². The molecule has 2 rings (SSSR count). The van der Waals surface area contributed by atoms with Crippen LogP contribution in [0.3, 0.4) is 0 Å². The average molecular weight is 371 g/mol. The zero-order valence-corrected chi connectivity index (χ0v) is 16.2. The van der Waals surface area contributed by atoms with Gasteiger partial charge in [-0.05, 0) is 57.8 Å². The zero-order chi connectivity index (χ0) is 18.1. The Morgan fingerprint density at radius 1 is 1.54 bits per heavy atom. The normalized spacial score (nSPS) is 22.2. The Bertz CT molecular complexity index is 713. The number of hydrogen-bond acceptors (Lipinski definition) is 3. The number of hydrogen-bond donors (Lipinski definition) is 1. The molecule has 0 saturated heterocycles. The van der Waals surface area contributed by atoms with Crippen molar-refractivity contribution in [1.29, 1.82) is 0 Å². The topological polar surface area (TPSA) is 87.1 Å². The molecule has 1 unspecified atom stereocenters. The van der Waals surface area contributed by atoms with Gasteiger partial charge in [-0.15, -0.1) is 0 Å². The van der Waals surface area contributed by atoms with Crippen LogP contribution in [-0.4, -0.2) is 21.1 Å². The minimum atomic E-state index is -1.21. The van der Waals surface area contributed by atoms with Crippen molar-refractivity contribution in [2.75, 3.05) is 6.54 Å². The second-order valence-corrected chi connectivity index (χ2v) is 9.76. The summed E-state index contributed by atoms with van der Waals surface area (Å²) >= 11 is 6.26. The number of azide groups is 1. The van der Waals surface area contributed by atoms with Crippen LogP contribution in [0.2, 0.25) is 5.02 Å². The molecule has 24 heavy (non-hydrogen) atoms. The van der Waals surface area contributed by atoms with Crippen molar-refractivity contribution < 1.29 is 8.95 Å². The Hall–Kier alpha value is -1.27. The van der Waals surface area contributed by atoms with E-state index in [2.05, 4.69) is 14.7 Å². The fourth-order valence-electron chi connectivity index (χ4n) is 2.61. The van der Waals surface area contributed by atoms with Gasteiger partial charge in [-0.3, -0.25) is 0 Å². The van der Waals surface area contributed by atoms with Gasteiger partial charge in [-0.25, -0.2) is 8.93 Å². The highest BCUT2D eigenvalue weighted by Crippen LogP contribution is 2.42. The molecule has 1 aliphatic rings. The highest BCUT2D eigenvalue weighted by molar-refractivity contribution is 7.84. The van der Waals surface area contributed by atoms with Gasteiger partial charge in [0.1, 0.15) is 11.4 Å². The Labute approximate surface area is 150 Å². The Morgan fingerprint density at radius 3 is 2.79 bits per heavy atom. The van der Waals surface area contributed by atoms with Gasteiger partial charge in [-0.2, -0.15) is 0 Å².